The van der Waals surface area contributed by atoms with Crippen LogP contribution in [0.15, 0.2) is 53.4 Å². The lowest BCUT2D eigenvalue weighted by molar-refractivity contribution is 0.567. The third-order valence-corrected chi connectivity index (χ3v) is 4.90. The Morgan fingerprint density at radius 1 is 1.14 bits per heavy atom. The van der Waals surface area contributed by atoms with Crippen molar-refractivity contribution in [3.05, 3.63) is 64.7 Å². The molecule has 0 aromatic heterocycles. The van der Waals surface area contributed by atoms with Gasteiger partial charge >= 0.3 is 0 Å². The van der Waals surface area contributed by atoms with Crippen molar-refractivity contribution in [1.82, 2.24) is 4.72 Å². The summed E-state index contributed by atoms with van der Waals surface area (Å²) >= 11 is 6.06. The largest absolute Gasteiger partial charge is 0.241 e. The highest BCUT2D eigenvalue weighted by molar-refractivity contribution is 7.89. The quantitative estimate of drug-likeness (QED) is 0.940. The van der Waals surface area contributed by atoms with Gasteiger partial charge in [0.2, 0.25) is 10.0 Å². The maximum absolute atomic E-state index is 12.3. The van der Waals surface area contributed by atoms with E-state index in [2.05, 4.69) is 4.72 Å². The maximum Gasteiger partial charge on any atom is 0.241 e. The molecule has 0 radical (unpaired) electrons. The molecule has 0 fully saturated rings. The Balaban J connectivity index is 2.25. The van der Waals surface area contributed by atoms with Crippen LogP contribution in [-0.4, -0.2) is 8.42 Å². The summed E-state index contributed by atoms with van der Waals surface area (Å²) in [7, 11) is -3.67. The van der Waals surface area contributed by atoms with Gasteiger partial charge in [0.15, 0.2) is 0 Å². The van der Waals surface area contributed by atoms with Crippen LogP contribution in [0.2, 0.25) is 5.02 Å². The Hall–Kier alpha value is -1.87. The van der Waals surface area contributed by atoms with Crippen molar-refractivity contribution in [3.8, 4) is 6.07 Å². The molecule has 0 saturated carbocycles. The van der Waals surface area contributed by atoms with E-state index in [1.54, 1.807) is 31.2 Å². The molecule has 0 heterocycles. The summed E-state index contributed by atoms with van der Waals surface area (Å²) in [6.45, 7) is 1.72. The molecule has 108 valence electrons. The molecule has 0 amide bonds. The van der Waals surface area contributed by atoms with E-state index in [-0.39, 0.29) is 4.90 Å². The van der Waals surface area contributed by atoms with Crippen LogP contribution >= 0.6 is 11.6 Å². The van der Waals surface area contributed by atoms with Gasteiger partial charge < -0.3 is 0 Å². The van der Waals surface area contributed by atoms with Gasteiger partial charge in [-0.2, -0.15) is 5.26 Å². The monoisotopic (exact) mass is 320 g/mol. The number of nitrogens with zero attached hydrogens (tertiary/aromatic N) is 1. The second kappa shape index (κ2) is 6.27. The molecular weight excluding hydrogens is 308 g/mol. The fourth-order valence-electron chi connectivity index (χ4n) is 1.90. The van der Waals surface area contributed by atoms with Gasteiger partial charge in [0, 0.05) is 11.1 Å². The standard InChI is InChI=1S/C15H13ClN2O2S/c1-11(14-4-2-3-5-15(14)16)18-21(19,20)13-8-6-12(10-17)7-9-13/h2-9,11,18H,1H3/t11-/m0/s1. The number of rotatable bonds is 4. The summed E-state index contributed by atoms with van der Waals surface area (Å²) in [5.41, 5.74) is 1.12. The highest BCUT2D eigenvalue weighted by atomic mass is 35.5. The Bertz CT molecular complexity index is 780. The lowest BCUT2D eigenvalue weighted by Crippen LogP contribution is -2.27. The van der Waals surface area contributed by atoms with Crippen LogP contribution in [0.1, 0.15) is 24.1 Å². The number of hydrogen-bond acceptors (Lipinski definition) is 3. The normalized spacial score (nSPS) is 12.6. The lowest BCUT2D eigenvalue weighted by Gasteiger charge is -2.16. The van der Waals surface area contributed by atoms with Gasteiger partial charge in [0.05, 0.1) is 16.5 Å². The zero-order valence-electron chi connectivity index (χ0n) is 11.2. The van der Waals surface area contributed by atoms with Crippen molar-refractivity contribution in [2.75, 3.05) is 0 Å². The molecule has 0 aliphatic rings. The smallest absolute Gasteiger partial charge is 0.207 e. The van der Waals surface area contributed by atoms with E-state index in [0.717, 1.165) is 0 Å². The van der Waals surface area contributed by atoms with Crippen LogP contribution in [0.5, 0.6) is 0 Å². The summed E-state index contributed by atoms with van der Waals surface area (Å²) in [6.07, 6.45) is 0. The first kappa shape index (κ1) is 15.5. The second-order valence-electron chi connectivity index (χ2n) is 4.50. The molecule has 1 atom stereocenters. The van der Waals surface area contributed by atoms with E-state index in [0.29, 0.717) is 16.1 Å². The molecule has 0 bridgehead atoms. The first-order valence-corrected chi connectivity index (χ1v) is 8.07. The molecule has 0 aliphatic carbocycles. The Morgan fingerprint density at radius 3 is 2.33 bits per heavy atom. The number of nitrogens with one attached hydrogen (secondary N) is 1. The van der Waals surface area contributed by atoms with E-state index in [1.807, 2.05) is 6.07 Å². The molecule has 2 aromatic rings. The predicted molar refractivity (Wildman–Crippen MR) is 81.3 cm³/mol. The van der Waals surface area contributed by atoms with E-state index >= 15 is 0 Å². The number of benzene rings is 2. The van der Waals surface area contributed by atoms with E-state index in [1.165, 1.54) is 24.3 Å². The minimum Gasteiger partial charge on any atom is -0.207 e. The van der Waals surface area contributed by atoms with Crippen LogP contribution in [0.25, 0.3) is 0 Å². The summed E-state index contributed by atoms with van der Waals surface area (Å²) in [5.74, 6) is 0. The van der Waals surface area contributed by atoms with Gasteiger partial charge in [-0.15, -0.1) is 0 Å². The topological polar surface area (TPSA) is 70.0 Å². The van der Waals surface area contributed by atoms with Crippen LogP contribution < -0.4 is 4.72 Å². The number of sulfonamides is 1. The number of hydrogen-bond donors (Lipinski definition) is 1. The van der Waals surface area contributed by atoms with Crippen LogP contribution in [-0.2, 0) is 10.0 Å². The minimum atomic E-state index is -3.67. The van der Waals surface area contributed by atoms with Gasteiger partial charge in [0.25, 0.3) is 0 Å². The molecular formula is C15H13ClN2O2S. The van der Waals surface area contributed by atoms with Gasteiger partial charge in [-0.1, -0.05) is 29.8 Å². The molecule has 21 heavy (non-hydrogen) atoms. The molecule has 0 unspecified atom stereocenters. The third kappa shape index (κ3) is 3.61. The Kier molecular flexibility index (Phi) is 4.63. The fourth-order valence-corrected chi connectivity index (χ4v) is 3.42. The summed E-state index contributed by atoms with van der Waals surface area (Å²) < 4.78 is 27.2. The first-order valence-electron chi connectivity index (χ1n) is 6.21. The van der Waals surface area contributed by atoms with Crippen molar-refractivity contribution in [2.45, 2.75) is 17.9 Å². The molecule has 0 spiro atoms. The minimum absolute atomic E-state index is 0.111. The maximum atomic E-state index is 12.3. The number of nitriles is 1. The van der Waals surface area contributed by atoms with E-state index in [4.69, 9.17) is 16.9 Å². The van der Waals surface area contributed by atoms with Crippen molar-refractivity contribution in [1.29, 1.82) is 5.26 Å². The molecule has 2 aromatic carbocycles. The number of halogens is 1. The average Bonchev–Trinajstić information content (AvgIpc) is 2.47. The van der Waals surface area contributed by atoms with E-state index in [9.17, 15) is 8.42 Å². The first-order chi connectivity index (χ1) is 9.94. The zero-order chi connectivity index (χ0) is 15.5. The van der Waals surface area contributed by atoms with Crippen molar-refractivity contribution in [3.63, 3.8) is 0 Å². The molecule has 4 nitrogen and oxygen atoms in total. The Labute approximate surface area is 129 Å². The van der Waals surface area contributed by atoms with Crippen LogP contribution in [0, 0.1) is 11.3 Å². The summed E-state index contributed by atoms with van der Waals surface area (Å²) in [6, 6.07) is 14.3. The zero-order valence-corrected chi connectivity index (χ0v) is 12.8. The van der Waals surface area contributed by atoms with Crippen LogP contribution in [0.3, 0.4) is 0 Å². The molecule has 0 saturated heterocycles. The van der Waals surface area contributed by atoms with E-state index < -0.39 is 16.1 Å². The third-order valence-electron chi connectivity index (χ3n) is 3.00. The fraction of sp³-hybridized carbons (Fsp3) is 0.133. The highest BCUT2D eigenvalue weighted by Crippen LogP contribution is 2.24. The van der Waals surface area contributed by atoms with Crippen LogP contribution in [0.4, 0.5) is 0 Å². The highest BCUT2D eigenvalue weighted by Gasteiger charge is 2.19. The van der Waals surface area contributed by atoms with Crippen molar-refractivity contribution in [2.24, 2.45) is 0 Å². The molecule has 6 heteroatoms. The van der Waals surface area contributed by atoms with Gasteiger partial charge in [-0.3, -0.25) is 0 Å². The summed E-state index contributed by atoms with van der Waals surface area (Å²) in [4.78, 5) is 0.111. The Morgan fingerprint density at radius 2 is 1.76 bits per heavy atom. The van der Waals surface area contributed by atoms with Gasteiger partial charge in [-0.05, 0) is 42.8 Å². The average molecular weight is 321 g/mol. The molecule has 2 rings (SSSR count). The second-order valence-corrected chi connectivity index (χ2v) is 6.62. The summed E-state index contributed by atoms with van der Waals surface area (Å²) in [5, 5.41) is 9.23. The SMILES string of the molecule is C[C@H](NS(=O)(=O)c1ccc(C#N)cc1)c1ccccc1Cl. The predicted octanol–water partition coefficient (Wildman–Crippen LogP) is 3.25. The molecule has 1 N–H and O–H groups in total. The molecule has 0 aliphatic heterocycles. The van der Waals surface area contributed by atoms with Gasteiger partial charge in [0.1, 0.15) is 0 Å². The van der Waals surface area contributed by atoms with Crippen molar-refractivity contribution >= 4 is 21.6 Å². The van der Waals surface area contributed by atoms with Crippen molar-refractivity contribution < 1.29 is 8.42 Å². The van der Waals surface area contributed by atoms with Gasteiger partial charge in [-0.25, -0.2) is 13.1 Å². The lowest BCUT2D eigenvalue weighted by atomic mass is 10.1.